The maximum absolute atomic E-state index is 12.3. The van der Waals surface area contributed by atoms with Crippen LogP contribution in [-0.2, 0) is 0 Å². The van der Waals surface area contributed by atoms with Gasteiger partial charge in [0.1, 0.15) is 0 Å². The van der Waals surface area contributed by atoms with Gasteiger partial charge in [-0.1, -0.05) is 39.1 Å². The number of nitrogens with two attached hydrogens (primary N) is 1. The summed E-state index contributed by atoms with van der Waals surface area (Å²) >= 11 is 15.0. The molecule has 92 valence electrons. The predicted molar refractivity (Wildman–Crippen MR) is 78.4 cm³/mol. The van der Waals surface area contributed by atoms with E-state index in [0.29, 0.717) is 31.3 Å². The van der Waals surface area contributed by atoms with E-state index in [-0.39, 0.29) is 5.78 Å². The van der Waals surface area contributed by atoms with E-state index in [4.69, 9.17) is 28.9 Å². The lowest BCUT2D eigenvalue weighted by atomic mass is 10.0. The van der Waals surface area contributed by atoms with Crippen molar-refractivity contribution in [2.24, 2.45) is 0 Å². The molecule has 2 nitrogen and oxygen atoms in total. The summed E-state index contributed by atoms with van der Waals surface area (Å²) in [5.41, 5.74) is 7.17. The van der Waals surface area contributed by atoms with E-state index in [9.17, 15) is 4.79 Å². The zero-order chi connectivity index (χ0) is 13.3. The Morgan fingerprint density at radius 3 is 2.44 bits per heavy atom. The van der Waals surface area contributed by atoms with Gasteiger partial charge in [-0.3, -0.25) is 4.79 Å². The van der Waals surface area contributed by atoms with Crippen molar-refractivity contribution in [1.29, 1.82) is 0 Å². The van der Waals surface area contributed by atoms with Crippen molar-refractivity contribution in [2.45, 2.75) is 0 Å². The number of nitrogen functional groups attached to an aromatic ring is 1. The second kappa shape index (κ2) is 5.31. The summed E-state index contributed by atoms with van der Waals surface area (Å²) in [4.78, 5) is 12.3. The highest BCUT2D eigenvalue weighted by Crippen LogP contribution is 2.26. The molecule has 0 amide bonds. The van der Waals surface area contributed by atoms with Gasteiger partial charge >= 0.3 is 0 Å². The van der Waals surface area contributed by atoms with Crippen molar-refractivity contribution >= 4 is 50.6 Å². The largest absolute Gasteiger partial charge is 0.399 e. The topological polar surface area (TPSA) is 43.1 Å². The minimum absolute atomic E-state index is 0.159. The summed E-state index contributed by atoms with van der Waals surface area (Å²) in [5.74, 6) is -0.159. The van der Waals surface area contributed by atoms with E-state index in [1.807, 2.05) is 0 Å². The number of carbonyl (C=O) groups excluding carboxylic acids is 1. The quantitative estimate of drug-likeness (QED) is 0.640. The molecule has 2 aromatic rings. The Balaban J connectivity index is 2.47. The average molecular weight is 345 g/mol. The van der Waals surface area contributed by atoms with Crippen molar-refractivity contribution in [3.05, 3.63) is 62.0 Å². The Hall–Kier alpha value is -1.03. The van der Waals surface area contributed by atoms with Crippen LogP contribution >= 0.6 is 39.1 Å². The molecule has 2 N–H and O–H groups in total. The lowest BCUT2D eigenvalue weighted by Gasteiger charge is -2.06. The van der Waals surface area contributed by atoms with Crippen LogP contribution < -0.4 is 5.73 Å². The van der Waals surface area contributed by atoms with Gasteiger partial charge in [0.2, 0.25) is 0 Å². The van der Waals surface area contributed by atoms with Crippen LogP contribution in [0.2, 0.25) is 10.0 Å². The molecule has 0 aliphatic rings. The predicted octanol–water partition coefficient (Wildman–Crippen LogP) is 4.57. The fraction of sp³-hybridized carbons (Fsp3) is 0. The number of hydrogen-bond donors (Lipinski definition) is 1. The van der Waals surface area contributed by atoms with E-state index in [0.717, 1.165) is 0 Å². The third-order valence-electron chi connectivity index (χ3n) is 2.42. The molecule has 0 heterocycles. The van der Waals surface area contributed by atoms with Crippen LogP contribution in [0.5, 0.6) is 0 Å². The number of rotatable bonds is 2. The van der Waals surface area contributed by atoms with Crippen LogP contribution in [-0.4, -0.2) is 5.78 Å². The van der Waals surface area contributed by atoms with Crippen LogP contribution in [0.25, 0.3) is 0 Å². The molecule has 0 saturated carbocycles. The summed E-state index contributed by atoms with van der Waals surface area (Å²) in [6.45, 7) is 0. The summed E-state index contributed by atoms with van der Waals surface area (Å²) < 4.78 is 0.688. The average Bonchev–Trinajstić information content (AvgIpc) is 2.35. The fourth-order valence-electron chi connectivity index (χ4n) is 1.51. The molecule has 0 bridgehead atoms. The summed E-state index contributed by atoms with van der Waals surface area (Å²) in [6, 6.07) is 9.84. The molecule has 2 rings (SSSR count). The summed E-state index contributed by atoms with van der Waals surface area (Å²) in [7, 11) is 0. The Morgan fingerprint density at radius 1 is 1.06 bits per heavy atom. The normalized spacial score (nSPS) is 10.4. The molecule has 0 atom stereocenters. The SMILES string of the molecule is Nc1ccc(Br)c(C(=O)c2ccc(Cl)c(Cl)c2)c1. The zero-order valence-corrected chi connectivity index (χ0v) is 12.2. The van der Waals surface area contributed by atoms with Gasteiger partial charge in [0, 0.05) is 21.3 Å². The first-order chi connectivity index (χ1) is 8.49. The molecule has 0 spiro atoms. The minimum Gasteiger partial charge on any atom is -0.399 e. The molecular weight excluding hydrogens is 337 g/mol. The van der Waals surface area contributed by atoms with Crippen LogP contribution in [0.1, 0.15) is 15.9 Å². The zero-order valence-electron chi connectivity index (χ0n) is 9.08. The Bertz CT molecular complexity index is 628. The maximum atomic E-state index is 12.3. The van der Waals surface area contributed by atoms with Crippen molar-refractivity contribution in [3.63, 3.8) is 0 Å². The number of carbonyl (C=O) groups is 1. The third-order valence-corrected chi connectivity index (χ3v) is 3.85. The van der Waals surface area contributed by atoms with Crippen LogP contribution in [0.15, 0.2) is 40.9 Å². The third kappa shape index (κ3) is 2.69. The van der Waals surface area contributed by atoms with Gasteiger partial charge in [0.15, 0.2) is 5.78 Å². The lowest BCUT2D eigenvalue weighted by molar-refractivity contribution is 0.103. The van der Waals surface area contributed by atoms with Gasteiger partial charge in [0.05, 0.1) is 10.0 Å². The first-order valence-corrected chi connectivity index (χ1v) is 6.58. The van der Waals surface area contributed by atoms with Crippen LogP contribution in [0, 0.1) is 0 Å². The lowest BCUT2D eigenvalue weighted by Crippen LogP contribution is -2.03. The molecule has 18 heavy (non-hydrogen) atoms. The first kappa shape index (κ1) is 13.4. The van der Waals surface area contributed by atoms with E-state index < -0.39 is 0 Å². The molecule has 0 aliphatic carbocycles. The van der Waals surface area contributed by atoms with Crippen LogP contribution in [0.4, 0.5) is 5.69 Å². The van der Waals surface area contributed by atoms with E-state index in [1.54, 1.807) is 36.4 Å². The Morgan fingerprint density at radius 2 is 1.78 bits per heavy atom. The van der Waals surface area contributed by atoms with E-state index in [1.165, 1.54) is 0 Å². The van der Waals surface area contributed by atoms with Crippen molar-refractivity contribution in [2.75, 3.05) is 5.73 Å². The van der Waals surface area contributed by atoms with Crippen molar-refractivity contribution in [1.82, 2.24) is 0 Å². The first-order valence-electron chi connectivity index (χ1n) is 5.04. The maximum Gasteiger partial charge on any atom is 0.194 e. The van der Waals surface area contributed by atoms with E-state index in [2.05, 4.69) is 15.9 Å². The Kier molecular flexibility index (Phi) is 3.95. The summed E-state index contributed by atoms with van der Waals surface area (Å²) in [6.07, 6.45) is 0. The number of ketones is 1. The second-order valence-corrected chi connectivity index (χ2v) is 5.37. The standard InChI is InChI=1S/C13H8BrCl2NO/c14-10-3-2-8(17)6-9(10)13(18)7-1-4-11(15)12(16)5-7/h1-6H,17H2. The molecule has 0 radical (unpaired) electrons. The van der Waals surface area contributed by atoms with Crippen molar-refractivity contribution in [3.8, 4) is 0 Å². The van der Waals surface area contributed by atoms with Crippen molar-refractivity contribution < 1.29 is 4.79 Å². The highest BCUT2D eigenvalue weighted by atomic mass is 79.9. The van der Waals surface area contributed by atoms with Gasteiger partial charge in [0.25, 0.3) is 0 Å². The number of hydrogen-bond acceptors (Lipinski definition) is 2. The molecule has 0 saturated heterocycles. The van der Waals surface area contributed by atoms with Gasteiger partial charge in [-0.25, -0.2) is 0 Å². The molecule has 0 aromatic heterocycles. The fourth-order valence-corrected chi connectivity index (χ4v) is 2.23. The van der Waals surface area contributed by atoms with E-state index >= 15 is 0 Å². The molecule has 0 unspecified atom stereocenters. The molecule has 0 fully saturated rings. The van der Waals surface area contributed by atoms with Gasteiger partial charge in [-0.15, -0.1) is 0 Å². The van der Waals surface area contributed by atoms with Gasteiger partial charge in [-0.05, 0) is 36.4 Å². The second-order valence-electron chi connectivity index (χ2n) is 3.70. The molecule has 2 aromatic carbocycles. The smallest absolute Gasteiger partial charge is 0.194 e. The van der Waals surface area contributed by atoms with Gasteiger partial charge < -0.3 is 5.73 Å². The molecular formula is C13H8BrCl2NO. The van der Waals surface area contributed by atoms with Gasteiger partial charge in [-0.2, -0.15) is 0 Å². The number of benzene rings is 2. The highest BCUT2D eigenvalue weighted by molar-refractivity contribution is 9.10. The minimum atomic E-state index is -0.159. The molecule has 5 heteroatoms. The highest BCUT2D eigenvalue weighted by Gasteiger charge is 2.14. The van der Waals surface area contributed by atoms with Crippen LogP contribution in [0.3, 0.4) is 0 Å². The Labute approximate surface area is 123 Å². The number of halogens is 3. The monoisotopic (exact) mass is 343 g/mol. The molecule has 0 aliphatic heterocycles. The summed E-state index contributed by atoms with van der Waals surface area (Å²) in [5, 5.41) is 0.766. The number of anilines is 1.